The second kappa shape index (κ2) is 11.3. The van der Waals surface area contributed by atoms with E-state index < -0.39 is 54.6 Å². The summed E-state index contributed by atoms with van der Waals surface area (Å²) in [7, 11) is 1.44. The van der Waals surface area contributed by atoms with E-state index in [1.54, 1.807) is 24.3 Å². The fourth-order valence-electron chi connectivity index (χ4n) is 3.12. The lowest BCUT2D eigenvalue weighted by Crippen LogP contribution is -2.63. The van der Waals surface area contributed by atoms with Crippen LogP contribution >= 0.6 is 0 Å². The number of hydrogen-bond donors (Lipinski definition) is 0. The van der Waals surface area contributed by atoms with Crippen LogP contribution in [0.25, 0.3) is 0 Å². The highest BCUT2D eigenvalue weighted by Crippen LogP contribution is 2.34. The van der Waals surface area contributed by atoms with Gasteiger partial charge < -0.3 is 33.2 Å². The summed E-state index contributed by atoms with van der Waals surface area (Å²) in [6.45, 7) is 4.28. The molecular weight excluding hydrogens is 428 g/mol. The van der Waals surface area contributed by atoms with Crippen LogP contribution in [0, 0.1) is 0 Å². The van der Waals surface area contributed by atoms with Crippen LogP contribution in [0.4, 0.5) is 0 Å². The van der Waals surface area contributed by atoms with Gasteiger partial charge in [-0.05, 0) is 12.1 Å². The maximum absolute atomic E-state index is 11.8. The van der Waals surface area contributed by atoms with E-state index in [9.17, 15) is 19.2 Å². The zero-order chi connectivity index (χ0) is 23.8. The SMILES string of the molecule is COc1ccccc1O[C@@H]1O[C@@H](COC(C)=O)[C@H](OC(C)=O)[C@@H](OC(C)=O)[C@@H]1OC(C)=O. The van der Waals surface area contributed by atoms with Crippen molar-refractivity contribution in [2.45, 2.75) is 58.4 Å². The number of hydrogen-bond acceptors (Lipinski definition) is 11. The highest BCUT2D eigenvalue weighted by molar-refractivity contribution is 5.68. The Bertz CT molecular complexity index is 837. The summed E-state index contributed by atoms with van der Waals surface area (Å²) in [4.78, 5) is 46.7. The number of esters is 4. The van der Waals surface area contributed by atoms with Gasteiger partial charge in [0.05, 0.1) is 7.11 Å². The molecule has 11 heteroatoms. The van der Waals surface area contributed by atoms with Crippen LogP contribution < -0.4 is 9.47 Å². The quantitative estimate of drug-likeness (QED) is 0.414. The van der Waals surface area contributed by atoms with Gasteiger partial charge in [-0.25, -0.2) is 0 Å². The lowest BCUT2D eigenvalue weighted by Gasteiger charge is -2.43. The van der Waals surface area contributed by atoms with Gasteiger partial charge >= 0.3 is 23.9 Å². The lowest BCUT2D eigenvalue weighted by atomic mass is 9.98. The molecule has 1 aromatic rings. The van der Waals surface area contributed by atoms with E-state index in [0.717, 1.165) is 20.8 Å². The van der Waals surface area contributed by atoms with Crippen LogP contribution in [-0.4, -0.2) is 68.3 Å². The summed E-state index contributed by atoms with van der Waals surface area (Å²) in [5.41, 5.74) is 0. The second-order valence-corrected chi connectivity index (χ2v) is 6.84. The summed E-state index contributed by atoms with van der Waals surface area (Å²) in [5, 5.41) is 0. The predicted octanol–water partition coefficient (Wildman–Crippen LogP) is 1.16. The molecule has 0 bridgehead atoms. The largest absolute Gasteiger partial charge is 0.493 e. The summed E-state index contributed by atoms with van der Waals surface area (Å²) in [6.07, 6.45) is -6.31. The number of para-hydroxylation sites is 2. The van der Waals surface area contributed by atoms with Crippen molar-refractivity contribution in [1.82, 2.24) is 0 Å². The van der Waals surface area contributed by atoms with E-state index in [4.69, 9.17) is 33.2 Å². The number of benzene rings is 1. The number of carbonyl (C=O) groups is 4. The first kappa shape index (κ1) is 24.9. The molecule has 0 unspecified atom stereocenters. The summed E-state index contributed by atoms with van der Waals surface area (Å²) in [6, 6.07) is 6.63. The Hall–Kier alpha value is -3.34. The van der Waals surface area contributed by atoms with Crippen LogP contribution in [0.5, 0.6) is 11.5 Å². The predicted molar refractivity (Wildman–Crippen MR) is 106 cm³/mol. The molecule has 1 aliphatic rings. The average Bonchev–Trinajstić information content (AvgIpc) is 2.70. The molecule has 1 aliphatic heterocycles. The van der Waals surface area contributed by atoms with Gasteiger partial charge in [-0.1, -0.05) is 12.1 Å². The minimum absolute atomic E-state index is 0.246. The fourth-order valence-corrected chi connectivity index (χ4v) is 3.12. The lowest BCUT2D eigenvalue weighted by molar-refractivity contribution is -0.288. The van der Waals surface area contributed by atoms with Gasteiger partial charge in [0.2, 0.25) is 12.4 Å². The summed E-state index contributed by atoms with van der Waals surface area (Å²) < 4.78 is 38.1. The molecule has 1 fully saturated rings. The van der Waals surface area contributed by atoms with E-state index in [-0.39, 0.29) is 12.4 Å². The van der Waals surface area contributed by atoms with E-state index in [1.165, 1.54) is 14.0 Å². The number of ether oxygens (including phenoxy) is 7. The average molecular weight is 454 g/mol. The fraction of sp³-hybridized carbons (Fsp3) is 0.524. The third kappa shape index (κ3) is 6.84. The Morgan fingerprint density at radius 3 is 1.84 bits per heavy atom. The van der Waals surface area contributed by atoms with Crippen molar-refractivity contribution < 1.29 is 52.3 Å². The zero-order valence-corrected chi connectivity index (χ0v) is 18.4. The zero-order valence-electron chi connectivity index (χ0n) is 18.4. The number of rotatable bonds is 8. The minimum atomic E-state index is -1.33. The molecule has 1 aromatic carbocycles. The van der Waals surface area contributed by atoms with Crippen molar-refractivity contribution in [3.8, 4) is 11.5 Å². The Kier molecular flexibility index (Phi) is 8.82. The van der Waals surface area contributed by atoms with Gasteiger partial charge in [0.25, 0.3) is 0 Å². The highest BCUT2D eigenvalue weighted by atomic mass is 16.7. The van der Waals surface area contributed by atoms with Crippen LogP contribution in [0.2, 0.25) is 0 Å². The van der Waals surface area contributed by atoms with Crippen molar-refractivity contribution in [3.63, 3.8) is 0 Å². The molecule has 0 N–H and O–H groups in total. The van der Waals surface area contributed by atoms with Crippen LogP contribution in [0.3, 0.4) is 0 Å². The molecule has 176 valence electrons. The Morgan fingerprint density at radius 1 is 0.781 bits per heavy atom. The Labute approximate surface area is 184 Å². The molecule has 0 radical (unpaired) electrons. The topological polar surface area (TPSA) is 133 Å². The van der Waals surface area contributed by atoms with Crippen LogP contribution in [-0.2, 0) is 42.9 Å². The third-order valence-electron chi connectivity index (χ3n) is 4.26. The van der Waals surface area contributed by atoms with Gasteiger partial charge in [0.1, 0.15) is 12.7 Å². The molecular formula is C21H26O11. The van der Waals surface area contributed by atoms with Gasteiger partial charge in [-0.2, -0.15) is 0 Å². The molecule has 1 heterocycles. The monoisotopic (exact) mass is 454 g/mol. The second-order valence-electron chi connectivity index (χ2n) is 6.84. The van der Waals surface area contributed by atoms with Crippen LogP contribution in [0.1, 0.15) is 27.7 Å². The molecule has 11 nitrogen and oxygen atoms in total. The van der Waals surface area contributed by atoms with Gasteiger partial charge in [-0.3, -0.25) is 19.2 Å². The first-order chi connectivity index (χ1) is 15.1. The molecule has 32 heavy (non-hydrogen) atoms. The Balaban J connectivity index is 2.48. The van der Waals surface area contributed by atoms with E-state index >= 15 is 0 Å². The molecule has 1 saturated heterocycles. The summed E-state index contributed by atoms with van der Waals surface area (Å²) >= 11 is 0. The maximum atomic E-state index is 11.8. The Morgan fingerprint density at radius 2 is 1.31 bits per heavy atom. The molecule has 0 aliphatic carbocycles. The van der Waals surface area contributed by atoms with Gasteiger partial charge in [0, 0.05) is 27.7 Å². The van der Waals surface area contributed by atoms with Crippen LogP contribution in [0.15, 0.2) is 24.3 Å². The van der Waals surface area contributed by atoms with E-state index in [2.05, 4.69) is 0 Å². The first-order valence-electron chi connectivity index (χ1n) is 9.72. The minimum Gasteiger partial charge on any atom is -0.493 e. The smallest absolute Gasteiger partial charge is 0.303 e. The van der Waals surface area contributed by atoms with E-state index in [0.29, 0.717) is 5.75 Å². The highest BCUT2D eigenvalue weighted by Gasteiger charge is 2.53. The van der Waals surface area contributed by atoms with Crippen molar-refractivity contribution in [2.75, 3.05) is 13.7 Å². The van der Waals surface area contributed by atoms with Crippen molar-refractivity contribution >= 4 is 23.9 Å². The van der Waals surface area contributed by atoms with Crippen molar-refractivity contribution in [2.24, 2.45) is 0 Å². The maximum Gasteiger partial charge on any atom is 0.303 e. The molecule has 0 spiro atoms. The molecule has 0 amide bonds. The standard InChI is InChI=1S/C21H26O11/c1-11(22)27-10-17-18(28-12(2)23)19(29-13(3)24)20(30-14(4)25)21(32-17)31-16-9-7-6-8-15(16)26-5/h6-9,17-21H,10H2,1-5H3/t17-,18-,19+,20-,21+/m0/s1. The van der Waals surface area contributed by atoms with Crippen molar-refractivity contribution in [1.29, 1.82) is 0 Å². The first-order valence-corrected chi connectivity index (χ1v) is 9.72. The van der Waals surface area contributed by atoms with Gasteiger partial charge in [0.15, 0.2) is 23.7 Å². The number of methoxy groups -OCH3 is 1. The van der Waals surface area contributed by atoms with E-state index in [1.807, 2.05) is 0 Å². The normalized spacial score (nSPS) is 24.6. The molecule has 5 atom stereocenters. The van der Waals surface area contributed by atoms with Gasteiger partial charge in [-0.15, -0.1) is 0 Å². The summed E-state index contributed by atoms with van der Waals surface area (Å²) in [5.74, 6) is -2.16. The third-order valence-corrected chi connectivity index (χ3v) is 4.26. The molecule has 2 rings (SSSR count). The van der Waals surface area contributed by atoms with Crippen molar-refractivity contribution in [3.05, 3.63) is 24.3 Å². The number of carbonyl (C=O) groups excluding carboxylic acids is 4. The molecule has 0 saturated carbocycles. The molecule has 0 aromatic heterocycles.